The van der Waals surface area contributed by atoms with Gasteiger partial charge in [-0.3, -0.25) is 0 Å². The van der Waals surface area contributed by atoms with E-state index in [0.717, 1.165) is 48.6 Å². The molecular formula is C20H34N4O2. The Balaban J connectivity index is 1.87. The molecule has 1 aromatic rings. The third kappa shape index (κ3) is 6.41. The van der Waals surface area contributed by atoms with Crippen molar-refractivity contribution in [3.05, 3.63) is 23.8 Å². The van der Waals surface area contributed by atoms with Crippen LogP contribution in [0.4, 0.5) is 0 Å². The lowest BCUT2D eigenvalue weighted by Crippen LogP contribution is -2.43. The summed E-state index contributed by atoms with van der Waals surface area (Å²) in [5.74, 6) is 3.14. The molecule has 1 fully saturated rings. The van der Waals surface area contributed by atoms with Crippen LogP contribution in [-0.4, -0.2) is 57.8 Å². The van der Waals surface area contributed by atoms with E-state index >= 15 is 0 Å². The van der Waals surface area contributed by atoms with Crippen LogP contribution in [-0.2, 0) is 6.54 Å². The molecule has 0 saturated carbocycles. The molecule has 1 atom stereocenters. The van der Waals surface area contributed by atoms with Crippen LogP contribution >= 0.6 is 0 Å². The smallest absolute Gasteiger partial charge is 0.191 e. The van der Waals surface area contributed by atoms with Gasteiger partial charge in [0.05, 0.1) is 20.8 Å². The first-order chi connectivity index (χ1) is 12.7. The molecule has 1 unspecified atom stereocenters. The summed E-state index contributed by atoms with van der Waals surface area (Å²) in [6, 6.07) is 5.91. The molecule has 0 bridgehead atoms. The first-order valence-corrected chi connectivity index (χ1v) is 9.61. The third-order valence-corrected chi connectivity index (χ3v) is 4.67. The Bertz CT molecular complexity index is 577. The van der Waals surface area contributed by atoms with E-state index in [2.05, 4.69) is 29.4 Å². The molecule has 6 nitrogen and oxygen atoms in total. The fraction of sp³-hybridized carbons (Fsp3) is 0.650. The molecule has 0 radical (unpaired) electrons. The number of methoxy groups -OCH3 is 2. The van der Waals surface area contributed by atoms with Crippen molar-refractivity contribution >= 4 is 5.96 Å². The predicted molar refractivity (Wildman–Crippen MR) is 107 cm³/mol. The summed E-state index contributed by atoms with van der Waals surface area (Å²) in [5.41, 5.74) is 1.09. The second-order valence-electron chi connectivity index (χ2n) is 6.86. The molecule has 0 aliphatic carbocycles. The normalized spacial score (nSPS) is 18.5. The van der Waals surface area contributed by atoms with Crippen molar-refractivity contribution in [3.63, 3.8) is 0 Å². The number of aliphatic imine (C=N–C) groups is 1. The Morgan fingerprint density at radius 1 is 1.23 bits per heavy atom. The quantitative estimate of drug-likeness (QED) is 0.550. The van der Waals surface area contributed by atoms with Crippen LogP contribution in [0, 0.1) is 5.92 Å². The van der Waals surface area contributed by atoms with Crippen LogP contribution in [0.5, 0.6) is 11.5 Å². The highest BCUT2D eigenvalue weighted by Gasteiger charge is 2.15. The van der Waals surface area contributed by atoms with Gasteiger partial charge in [-0.25, -0.2) is 4.99 Å². The van der Waals surface area contributed by atoms with Crippen LogP contribution in [0.3, 0.4) is 0 Å². The maximum absolute atomic E-state index is 5.36. The predicted octanol–water partition coefficient (Wildman–Crippen LogP) is 2.49. The minimum atomic E-state index is 0.594. The molecule has 6 heteroatoms. The number of guanidine groups is 1. The molecule has 26 heavy (non-hydrogen) atoms. The zero-order chi connectivity index (χ0) is 18.8. The molecular weight excluding hydrogens is 328 g/mol. The highest BCUT2D eigenvalue weighted by molar-refractivity contribution is 5.79. The van der Waals surface area contributed by atoms with Gasteiger partial charge in [0, 0.05) is 26.2 Å². The minimum absolute atomic E-state index is 0.594. The first kappa shape index (κ1) is 20.4. The molecule has 1 aliphatic heterocycles. The second kappa shape index (κ2) is 10.9. The lowest BCUT2D eigenvalue weighted by atomic mass is 10.0. The van der Waals surface area contributed by atoms with E-state index in [0.29, 0.717) is 6.54 Å². The van der Waals surface area contributed by atoms with Gasteiger partial charge in [0.25, 0.3) is 0 Å². The van der Waals surface area contributed by atoms with Crippen molar-refractivity contribution in [1.82, 2.24) is 15.5 Å². The SMILES string of the molecule is CCNC(=NCc1ccc(OC)c(OC)c1)NCCN1CCCC(C)C1. The summed E-state index contributed by atoms with van der Waals surface area (Å²) < 4.78 is 10.6. The lowest BCUT2D eigenvalue weighted by molar-refractivity contribution is 0.187. The van der Waals surface area contributed by atoms with Gasteiger partial charge < -0.3 is 25.0 Å². The molecule has 2 rings (SSSR count). The van der Waals surface area contributed by atoms with Crippen molar-refractivity contribution in [2.45, 2.75) is 33.2 Å². The summed E-state index contributed by atoms with van der Waals surface area (Å²) in [4.78, 5) is 7.23. The number of rotatable bonds is 8. The van der Waals surface area contributed by atoms with E-state index in [1.54, 1.807) is 14.2 Å². The number of piperidine rings is 1. The van der Waals surface area contributed by atoms with Crippen molar-refractivity contribution in [2.24, 2.45) is 10.9 Å². The molecule has 0 amide bonds. The summed E-state index contributed by atoms with van der Waals surface area (Å²) in [6.07, 6.45) is 2.67. The zero-order valence-electron chi connectivity index (χ0n) is 16.7. The Kier molecular flexibility index (Phi) is 8.54. The molecule has 1 heterocycles. The van der Waals surface area contributed by atoms with Crippen molar-refractivity contribution in [1.29, 1.82) is 0 Å². The van der Waals surface area contributed by atoms with Gasteiger partial charge >= 0.3 is 0 Å². The minimum Gasteiger partial charge on any atom is -0.493 e. The van der Waals surface area contributed by atoms with Gasteiger partial charge in [0.1, 0.15) is 0 Å². The van der Waals surface area contributed by atoms with E-state index in [1.807, 2.05) is 18.2 Å². The number of nitrogens with zero attached hydrogens (tertiary/aromatic N) is 2. The Morgan fingerprint density at radius 3 is 2.73 bits per heavy atom. The number of benzene rings is 1. The van der Waals surface area contributed by atoms with Crippen molar-refractivity contribution < 1.29 is 9.47 Å². The largest absolute Gasteiger partial charge is 0.493 e. The molecule has 146 valence electrons. The van der Waals surface area contributed by atoms with E-state index in [4.69, 9.17) is 14.5 Å². The summed E-state index contributed by atoms with van der Waals surface area (Å²) in [5, 5.41) is 6.76. The Hall–Kier alpha value is -1.95. The zero-order valence-corrected chi connectivity index (χ0v) is 16.7. The molecule has 1 saturated heterocycles. The number of hydrogen-bond acceptors (Lipinski definition) is 4. The highest BCUT2D eigenvalue weighted by atomic mass is 16.5. The van der Waals surface area contributed by atoms with E-state index < -0.39 is 0 Å². The van der Waals surface area contributed by atoms with Gasteiger partial charge in [-0.15, -0.1) is 0 Å². The number of hydrogen-bond donors (Lipinski definition) is 2. The van der Waals surface area contributed by atoms with E-state index in [9.17, 15) is 0 Å². The van der Waals surface area contributed by atoms with Crippen molar-refractivity contribution in [3.8, 4) is 11.5 Å². The van der Waals surface area contributed by atoms with Gasteiger partial charge in [-0.05, 0) is 49.9 Å². The average Bonchev–Trinajstić information content (AvgIpc) is 2.66. The number of likely N-dealkylation sites (tertiary alicyclic amines) is 1. The summed E-state index contributed by atoms with van der Waals surface area (Å²) in [6.45, 7) is 10.3. The van der Waals surface area contributed by atoms with Crippen molar-refractivity contribution in [2.75, 3.05) is 46.9 Å². The van der Waals surface area contributed by atoms with Gasteiger partial charge in [-0.1, -0.05) is 13.0 Å². The van der Waals surface area contributed by atoms with Crippen LogP contribution in [0.25, 0.3) is 0 Å². The average molecular weight is 363 g/mol. The highest BCUT2D eigenvalue weighted by Crippen LogP contribution is 2.27. The van der Waals surface area contributed by atoms with Gasteiger partial charge in [0.15, 0.2) is 17.5 Å². The Morgan fingerprint density at radius 2 is 2.04 bits per heavy atom. The maximum Gasteiger partial charge on any atom is 0.191 e. The van der Waals surface area contributed by atoms with Gasteiger partial charge in [-0.2, -0.15) is 0 Å². The third-order valence-electron chi connectivity index (χ3n) is 4.67. The van der Waals surface area contributed by atoms with Crippen LogP contribution < -0.4 is 20.1 Å². The van der Waals surface area contributed by atoms with Crippen LogP contribution in [0.2, 0.25) is 0 Å². The van der Waals surface area contributed by atoms with Crippen LogP contribution in [0.15, 0.2) is 23.2 Å². The second-order valence-corrected chi connectivity index (χ2v) is 6.86. The Labute approximate surface area is 158 Å². The summed E-state index contributed by atoms with van der Waals surface area (Å²) >= 11 is 0. The van der Waals surface area contributed by atoms with E-state index in [-0.39, 0.29) is 0 Å². The maximum atomic E-state index is 5.36. The number of ether oxygens (including phenoxy) is 2. The molecule has 0 aromatic heterocycles. The standard InChI is InChI=1S/C20H34N4O2/c1-5-21-20(22-10-12-24-11-6-7-16(2)15-24)23-14-17-8-9-18(25-3)19(13-17)26-4/h8-9,13,16H,5-7,10-12,14-15H2,1-4H3,(H2,21,22,23). The number of nitrogens with one attached hydrogen (secondary N) is 2. The topological polar surface area (TPSA) is 58.1 Å². The molecule has 1 aliphatic rings. The lowest BCUT2D eigenvalue weighted by Gasteiger charge is -2.30. The fourth-order valence-corrected chi connectivity index (χ4v) is 3.31. The van der Waals surface area contributed by atoms with E-state index in [1.165, 1.54) is 25.9 Å². The van der Waals surface area contributed by atoms with Gasteiger partial charge in [0.2, 0.25) is 0 Å². The first-order valence-electron chi connectivity index (χ1n) is 9.61. The van der Waals surface area contributed by atoms with Crippen LogP contribution in [0.1, 0.15) is 32.3 Å². The fourth-order valence-electron chi connectivity index (χ4n) is 3.31. The molecule has 0 spiro atoms. The molecule has 1 aromatic carbocycles. The summed E-state index contributed by atoms with van der Waals surface area (Å²) in [7, 11) is 3.30. The molecule has 2 N–H and O–H groups in total. The monoisotopic (exact) mass is 362 g/mol.